The van der Waals surface area contributed by atoms with Crippen LogP contribution in [0.4, 0.5) is 0 Å². The maximum atomic E-state index is 11.2. The fraction of sp³-hybridized carbons (Fsp3) is 0.375. The van der Waals surface area contributed by atoms with Crippen LogP contribution in [0.5, 0.6) is 0 Å². The molecule has 0 atom stereocenters. The summed E-state index contributed by atoms with van der Waals surface area (Å²) in [5.74, 6) is -0.238. The molecule has 1 heterocycles. The zero-order valence-corrected chi connectivity index (χ0v) is 7.57. The van der Waals surface area contributed by atoms with Crippen LogP contribution in [0.2, 0.25) is 0 Å². The summed E-state index contributed by atoms with van der Waals surface area (Å²) in [5, 5.41) is 6.23. The van der Waals surface area contributed by atoms with E-state index in [9.17, 15) is 9.59 Å². The van der Waals surface area contributed by atoms with E-state index in [4.69, 9.17) is 0 Å². The molecule has 1 rings (SSSR count). The highest BCUT2D eigenvalue weighted by Gasteiger charge is 2.02. The minimum Gasteiger partial charge on any atom is -0.358 e. The molecule has 0 aliphatic rings. The third-order valence-electron chi connectivity index (χ3n) is 1.58. The maximum Gasteiger partial charge on any atom is 0.267 e. The number of aryl methyl sites for hydroxylation is 1. The van der Waals surface area contributed by atoms with Gasteiger partial charge in [-0.1, -0.05) is 0 Å². The molecule has 5 nitrogen and oxygen atoms in total. The molecule has 5 heteroatoms. The molecule has 0 aliphatic carbocycles. The van der Waals surface area contributed by atoms with Crippen molar-refractivity contribution in [3.05, 3.63) is 28.2 Å². The summed E-state index contributed by atoms with van der Waals surface area (Å²) in [6.45, 7) is 1.74. The van der Waals surface area contributed by atoms with E-state index in [1.165, 1.54) is 13.1 Å². The number of nitrogens with zero attached hydrogens (tertiary/aromatic N) is 2. The molecule has 13 heavy (non-hydrogen) atoms. The number of carbonyl (C=O) groups is 1. The first-order valence-electron chi connectivity index (χ1n) is 3.88. The first-order valence-corrected chi connectivity index (χ1v) is 3.88. The van der Waals surface area contributed by atoms with E-state index in [1.54, 1.807) is 13.1 Å². The van der Waals surface area contributed by atoms with E-state index < -0.39 is 0 Å². The number of amides is 1. The van der Waals surface area contributed by atoms with E-state index >= 15 is 0 Å². The Kier molecular flexibility index (Phi) is 2.79. The van der Waals surface area contributed by atoms with Crippen LogP contribution in [0.15, 0.2) is 17.1 Å². The van der Waals surface area contributed by atoms with Crippen LogP contribution in [0.1, 0.15) is 5.56 Å². The number of hydrogen-bond donors (Lipinski definition) is 1. The Labute approximate surface area is 75.4 Å². The third-order valence-corrected chi connectivity index (χ3v) is 1.58. The van der Waals surface area contributed by atoms with Crippen LogP contribution in [0.25, 0.3) is 0 Å². The van der Waals surface area contributed by atoms with Crippen molar-refractivity contribution in [3.63, 3.8) is 0 Å². The first-order chi connectivity index (χ1) is 6.13. The smallest absolute Gasteiger partial charge is 0.267 e. The van der Waals surface area contributed by atoms with E-state index in [0.29, 0.717) is 0 Å². The van der Waals surface area contributed by atoms with Crippen molar-refractivity contribution in [3.8, 4) is 0 Å². The topological polar surface area (TPSA) is 64.0 Å². The number of rotatable bonds is 2. The molecule has 70 valence electrons. The summed E-state index contributed by atoms with van der Waals surface area (Å²) in [6, 6.07) is 1.44. The standard InChI is InChI=1S/C8H11N3O2/c1-6-3-8(13)11(10-4-6)5-7(12)9-2/h3-4H,5H2,1-2H3,(H,9,12). The van der Waals surface area contributed by atoms with Crippen molar-refractivity contribution in [1.82, 2.24) is 15.1 Å². The number of carbonyl (C=O) groups excluding carboxylic acids is 1. The second-order valence-electron chi connectivity index (χ2n) is 2.70. The van der Waals surface area contributed by atoms with E-state index in [0.717, 1.165) is 10.2 Å². The average molecular weight is 181 g/mol. The molecule has 1 N–H and O–H groups in total. The normalized spacial score (nSPS) is 9.69. The highest BCUT2D eigenvalue weighted by atomic mass is 16.2. The van der Waals surface area contributed by atoms with Gasteiger partial charge in [0.25, 0.3) is 5.56 Å². The summed E-state index contributed by atoms with van der Waals surface area (Å²) < 4.78 is 1.12. The van der Waals surface area contributed by atoms with Crippen LogP contribution < -0.4 is 10.9 Å². The van der Waals surface area contributed by atoms with Gasteiger partial charge in [0, 0.05) is 13.1 Å². The second-order valence-corrected chi connectivity index (χ2v) is 2.70. The van der Waals surface area contributed by atoms with Crippen LogP contribution in [-0.4, -0.2) is 22.7 Å². The molecule has 0 aromatic carbocycles. The van der Waals surface area contributed by atoms with Gasteiger partial charge in [0.15, 0.2) is 0 Å². The summed E-state index contributed by atoms with van der Waals surface area (Å²) in [4.78, 5) is 22.1. The molecule has 0 aliphatic heterocycles. The van der Waals surface area contributed by atoms with Gasteiger partial charge >= 0.3 is 0 Å². The maximum absolute atomic E-state index is 11.2. The molecule has 1 amide bonds. The van der Waals surface area contributed by atoms with Crippen LogP contribution in [0.3, 0.4) is 0 Å². The summed E-state index contributed by atoms with van der Waals surface area (Å²) >= 11 is 0. The molecule has 1 aromatic heterocycles. The van der Waals surface area contributed by atoms with Crippen molar-refractivity contribution in [2.75, 3.05) is 7.05 Å². The molecule has 0 radical (unpaired) electrons. The van der Waals surface area contributed by atoms with Gasteiger partial charge in [0.2, 0.25) is 5.91 Å². The van der Waals surface area contributed by atoms with Gasteiger partial charge in [-0.25, -0.2) is 4.68 Å². The SMILES string of the molecule is CNC(=O)Cn1ncc(C)cc1=O. The monoisotopic (exact) mass is 181 g/mol. The van der Waals surface area contributed by atoms with E-state index in [-0.39, 0.29) is 18.0 Å². The molecule has 0 spiro atoms. The number of likely N-dealkylation sites (N-methyl/N-ethyl adjacent to an activating group) is 1. The summed E-state index contributed by atoms with van der Waals surface area (Å²) in [7, 11) is 1.52. The fourth-order valence-corrected chi connectivity index (χ4v) is 0.858. The number of aromatic nitrogens is 2. The van der Waals surface area contributed by atoms with Gasteiger partial charge in [-0.2, -0.15) is 5.10 Å². The Hall–Kier alpha value is -1.65. The van der Waals surface area contributed by atoms with Gasteiger partial charge in [-0.3, -0.25) is 9.59 Å². The number of nitrogens with one attached hydrogen (secondary N) is 1. The Balaban J connectivity index is 2.90. The minimum atomic E-state index is -0.261. The van der Waals surface area contributed by atoms with Gasteiger partial charge in [-0.15, -0.1) is 0 Å². The van der Waals surface area contributed by atoms with Gasteiger partial charge in [0.05, 0.1) is 6.20 Å². The number of hydrogen-bond acceptors (Lipinski definition) is 3. The predicted molar refractivity (Wildman–Crippen MR) is 47.3 cm³/mol. The fourth-order valence-electron chi connectivity index (χ4n) is 0.858. The quantitative estimate of drug-likeness (QED) is 0.656. The Bertz CT molecular complexity index is 370. The molecule has 0 fully saturated rings. The molecule has 1 aromatic rings. The van der Waals surface area contributed by atoms with Crippen molar-refractivity contribution < 1.29 is 4.79 Å². The van der Waals surface area contributed by atoms with Crippen LogP contribution in [0, 0.1) is 6.92 Å². The van der Waals surface area contributed by atoms with E-state index in [1.807, 2.05) is 0 Å². The van der Waals surface area contributed by atoms with Gasteiger partial charge in [-0.05, 0) is 12.5 Å². The minimum absolute atomic E-state index is 0.0321. The highest BCUT2D eigenvalue weighted by molar-refractivity contribution is 5.75. The molecule has 0 saturated heterocycles. The van der Waals surface area contributed by atoms with Crippen molar-refractivity contribution >= 4 is 5.91 Å². The first kappa shape index (κ1) is 9.44. The molecule has 0 bridgehead atoms. The highest BCUT2D eigenvalue weighted by Crippen LogP contribution is 1.86. The lowest BCUT2D eigenvalue weighted by atomic mass is 10.3. The summed E-state index contributed by atoms with van der Waals surface area (Å²) in [6.07, 6.45) is 1.55. The third kappa shape index (κ3) is 2.40. The zero-order valence-electron chi connectivity index (χ0n) is 7.57. The lowest BCUT2D eigenvalue weighted by Gasteiger charge is -2.02. The van der Waals surface area contributed by atoms with E-state index in [2.05, 4.69) is 10.4 Å². The van der Waals surface area contributed by atoms with Crippen molar-refractivity contribution in [2.45, 2.75) is 13.5 Å². The molecular formula is C8H11N3O2. The largest absolute Gasteiger partial charge is 0.358 e. The Morgan fingerprint density at radius 1 is 1.69 bits per heavy atom. The van der Waals surface area contributed by atoms with Crippen LogP contribution in [-0.2, 0) is 11.3 Å². The Morgan fingerprint density at radius 3 is 2.92 bits per heavy atom. The lowest BCUT2D eigenvalue weighted by molar-refractivity contribution is -0.121. The molecular weight excluding hydrogens is 170 g/mol. The van der Waals surface area contributed by atoms with Crippen molar-refractivity contribution in [1.29, 1.82) is 0 Å². The lowest BCUT2D eigenvalue weighted by Crippen LogP contribution is -2.31. The van der Waals surface area contributed by atoms with Crippen molar-refractivity contribution in [2.24, 2.45) is 0 Å². The predicted octanol–water partition coefficient (Wildman–Crippen LogP) is -0.702. The zero-order chi connectivity index (χ0) is 9.84. The summed E-state index contributed by atoms with van der Waals surface area (Å²) in [5.41, 5.74) is 0.529. The van der Waals surface area contributed by atoms with Gasteiger partial charge in [0.1, 0.15) is 6.54 Å². The average Bonchev–Trinajstić information content (AvgIpc) is 2.09. The van der Waals surface area contributed by atoms with Gasteiger partial charge < -0.3 is 5.32 Å². The Morgan fingerprint density at radius 2 is 2.38 bits per heavy atom. The molecule has 0 saturated carbocycles. The molecule has 0 unspecified atom stereocenters. The second kappa shape index (κ2) is 3.84. The van der Waals surface area contributed by atoms with Crippen LogP contribution >= 0.6 is 0 Å².